The summed E-state index contributed by atoms with van der Waals surface area (Å²) in [4.78, 5) is 11.6. The summed E-state index contributed by atoms with van der Waals surface area (Å²) < 4.78 is 38.6. The number of rotatable bonds is 3. The minimum Gasteiger partial charge on any atom is -0.326 e. The van der Waals surface area contributed by atoms with Gasteiger partial charge in [0.15, 0.2) is 5.82 Å². The van der Waals surface area contributed by atoms with Gasteiger partial charge < -0.3 is 5.32 Å². The number of hydrogen-bond acceptors (Lipinski definition) is 3. The first-order valence-corrected chi connectivity index (χ1v) is 6.00. The third-order valence-corrected chi connectivity index (χ3v) is 2.33. The van der Waals surface area contributed by atoms with E-state index in [-0.39, 0.29) is 12.2 Å². The second kappa shape index (κ2) is 6.06. The number of anilines is 1. The summed E-state index contributed by atoms with van der Waals surface area (Å²) >= 11 is 0. The van der Waals surface area contributed by atoms with E-state index >= 15 is 0 Å². The van der Waals surface area contributed by atoms with E-state index in [0.717, 1.165) is 0 Å². The molecule has 0 spiro atoms. The third kappa shape index (κ3) is 5.85. The molecule has 0 saturated carbocycles. The first-order valence-electron chi connectivity index (χ1n) is 6.00. The molecule has 2 N–H and O–H groups in total. The topological polar surface area (TPSA) is 66.9 Å². The second-order valence-electron chi connectivity index (χ2n) is 5.57. The molecule has 0 radical (unpaired) electrons. The summed E-state index contributed by atoms with van der Waals surface area (Å²) in [6, 6.07) is 0.0639. The van der Waals surface area contributed by atoms with E-state index in [2.05, 4.69) is 15.5 Å². The van der Waals surface area contributed by atoms with E-state index in [1.165, 1.54) is 18.3 Å². The van der Waals surface area contributed by atoms with Crippen molar-refractivity contribution in [2.24, 2.45) is 5.41 Å². The third-order valence-electron chi connectivity index (χ3n) is 2.33. The van der Waals surface area contributed by atoms with Crippen molar-refractivity contribution >= 4 is 11.8 Å². The molecule has 0 bridgehead atoms. The van der Waals surface area contributed by atoms with Gasteiger partial charge in [0.25, 0.3) is 0 Å². The molecule has 0 saturated heterocycles. The van der Waals surface area contributed by atoms with E-state index in [1.54, 1.807) is 20.8 Å². The zero-order valence-electron chi connectivity index (χ0n) is 11.5. The van der Waals surface area contributed by atoms with Gasteiger partial charge in [0.1, 0.15) is 6.04 Å². The molecule has 20 heavy (non-hydrogen) atoms. The summed E-state index contributed by atoms with van der Waals surface area (Å²) in [7, 11) is 0. The second-order valence-corrected chi connectivity index (χ2v) is 5.57. The number of aromatic nitrogens is 2. The first-order chi connectivity index (χ1) is 9.08. The number of nitrogens with zero attached hydrogens (tertiary/aromatic N) is 2. The molecule has 1 aromatic heterocycles. The van der Waals surface area contributed by atoms with Crippen molar-refractivity contribution in [1.82, 2.24) is 15.5 Å². The number of urea groups is 1. The number of carbonyl (C=O) groups is 1. The molecule has 1 heterocycles. The van der Waals surface area contributed by atoms with E-state index in [0.29, 0.717) is 0 Å². The average molecular weight is 290 g/mol. The van der Waals surface area contributed by atoms with Gasteiger partial charge in [-0.1, -0.05) is 20.8 Å². The number of carbonyl (C=O) groups excluding carboxylic acids is 1. The Morgan fingerprint density at radius 2 is 2.00 bits per heavy atom. The van der Waals surface area contributed by atoms with Crippen LogP contribution in [0.25, 0.3) is 0 Å². The molecule has 1 aromatic rings. The highest BCUT2D eigenvalue weighted by atomic mass is 19.4. The Morgan fingerprint density at radius 3 is 2.45 bits per heavy atom. The minimum atomic E-state index is -4.51. The molecular formula is C12H17F3N4O. The lowest BCUT2D eigenvalue weighted by Gasteiger charge is -2.28. The molecule has 8 heteroatoms. The fourth-order valence-corrected chi connectivity index (χ4v) is 1.54. The summed E-state index contributed by atoms with van der Waals surface area (Å²) in [5, 5.41) is 11.2. The predicted molar refractivity (Wildman–Crippen MR) is 68.1 cm³/mol. The lowest BCUT2D eigenvalue weighted by Crippen LogP contribution is -2.48. The largest absolute Gasteiger partial charge is 0.408 e. The molecule has 0 aliphatic heterocycles. The van der Waals surface area contributed by atoms with E-state index < -0.39 is 23.7 Å². The van der Waals surface area contributed by atoms with Crippen LogP contribution >= 0.6 is 0 Å². The number of halogens is 3. The summed E-state index contributed by atoms with van der Waals surface area (Å²) in [6.07, 6.45) is -3.33. The van der Waals surface area contributed by atoms with Crippen LogP contribution < -0.4 is 10.6 Å². The van der Waals surface area contributed by atoms with Crippen LogP contribution in [-0.4, -0.2) is 28.4 Å². The summed E-state index contributed by atoms with van der Waals surface area (Å²) in [5.41, 5.74) is -0.569. The van der Waals surface area contributed by atoms with Gasteiger partial charge in [-0.05, 0) is 24.0 Å². The van der Waals surface area contributed by atoms with Crippen molar-refractivity contribution in [3.63, 3.8) is 0 Å². The molecule has 112 valence electrons. The van der Waals surface area contributed by atoms with E-state index in [4.69, 9.17) is 0 Å². The highest BCUT2D eigenvalue weighted by molar-refractivity contribution is 5.88. The number of amides is 2. The minimum absolute atomic E-state index is 0.0849. The highest BCUT2D eigenvalue weighted by Gasteiger charge is 2.42. The van der Waals surface area contributed by atoms with E-state index in [1.807, 2.05) is 5.32 Å². The standard InChI is InChI=1S/C12H17F3N4O/c1-11(2,3)7-8(12(13,14)15)17-10(20)18-9-5-4-6-16-19-9/h4-6,8H,7H2,1-3H3,(H2,17,18,19,20)/t8-/m1/s1. The van der Waals surface area contributed by atoms with Crippen molar-refractivity contribution in [1.29, 1.82) is 0 Å². The monoisotopic (exact) mass is 290 g/mol. The summed E-state index contributed by atoms with van der Waals surface area (Å²) in [5.74, 6) is 0.0849. The molecule has 0 aromatic carbocycles. The highest BCUT2D eigenvalue weighted by Crippen LogP contribution is 2.30. The zero-order valence-corrected chi connectivity index (χ0v) is 11.5. The van der Waals surface area contributed by atoms with Crippen molar-refractivity contribution in [3.05, 3.63) is 18.3 Å². The smallest absolute Gasteiger partial charge is 0.326 e. The SMILES string of the molecule is CC(C)(C)C[C@@H](NC(=O)Nc1cccnn1)C(F)(F)F. The van der Waals surface area contributed by atoms with Gasteiger partial charge in [-0.2, -0.15) is 18.3 Å². The lowest BCUT2D eigenvalue weighted by atomic mass is 9.88. The van der Waals surface area contributed by atoms with Crippen LogP contribution in [0.3, 0.4) is 0 Å². The van der Waals surface area contributed by atoms with Crippen LogP contribution in [0, 0.1) is 5.41 Å². The Kier molecular flexibility index (Phi) is 4.91. The average Bonchev–Trinajstić information content (AvgIpc) is 2.26. The van der Waals surface area contributed by atoms with Gasteiger partial charge in [0.2, 0.25) is 0 Å². The van der Waals surface area contributed by atoms with Gasteiger partial charge in [0, 0.05) is 6.20 Å². The lowest BCUT2D eigenvalue weighted by molar-refractivity contribution is -0.158. The molecule has 2 amide bonds. The Balaban J connectivity index is 2.68. The molecule has 0 aliphatic rings. The van der Waals surface area contributed by atoms with Gasteiger partial charge >= 0.3 is 12.2 Å². The van der Waals surface area contributed by atoms with E-state index in [9.17, 15) is 18.0 Å². The number of nitrogens with one attached hydrogen (secondary N) is 2. The maximum atomic E-state index is 12.9. The van der Waals surface area contributed by atoms with Crippen molar-refractivity contribution in [3.8, 4) is 0 Å². The van der Waals surface area contributed by atoms with Crippen LogP contribution in [0.4, 0.5) is 23.8 Å². The Hall–Kier alpha value is -1.86. The van der Waals surface area contributed by atoms with Gasteiger partial charge in [0.05, 0.1) is 0 Å². The Morgan fingerprint density at radius 1 is 1.35 bits per heavy atom. The van der Waals surface area contributed by atoms with Crippen molar-refractivity contribution < 1.29 is 18.0 Å². The van der Waals surface area contributed by atoms with Gasteiger partial charge in [-0.15, -0.1) is 5.10 Å². The maximum Gasteiger partial charge on any atom is 0.408 e. The molecular weight excluding hydrogens is 273 g/mol. The van der Waals surface area contributed by atoms with Crippen LogP contribution in [0.1, 0.15) is 27.2 Å². The molecule has 5 nitrogen and oxygen atoms in total. The first kappa shape index (κ1) is 16.2. The maximum absolute atomic E-state index is 12.9. The van der Waals surface area contributed by atoms with Gasteiger partial charge in [-0.3, -0.25) is 5.32 Å². The molecule has 1 atom stereocenters. The normalized spacial score (nSPS) is 13.7. The molecule has 1 rings (SSSR count). The predicted octanol–water partition coefficient (Wildman–Crippen LogP) is 2.97. The van der Waals surface area contributed by atoms with Crippen molar-refractivity contribution in [2.45, 2.75) is 39.4 Å². The van der Waals surface area contributed by atoms with Crippen LogP contribution in [0.5, 0.6) is 0 Å². The number of alkyl halides is 3. The van der Waals surface area contributed by atoms with Gasteiger partial charge in [-0.25, -0.2) is 4.79 Å². The Bertz CT molecular complexity index is 442. The molecule has 0 fully saturated rings. The fourth-order valence-electron chi connectivity index (χ4n) is 1.54. The number of hydrogen-bond donors (Lipinski definition) is 2. The van der Waals surface area contributed by atoms with Crippen LogP contribution in [0.2, 0.25) is 0 Å². The molecule has 0 unspecified atom stereocenters. The molecule has 0 aliphatic carbocycles. The van der Waals surface area contributed by atoms with Crippen LogP contribution in [0.15, 0.2) is 18.3 Å². The fraction of sp³-hybridized carbons (Fsp3) is 0.583. The Labute approximate surface area is 115 Å². The quantitative estimate of drug-likeness (QED) is 0.899. The summed E-state index contributed by atoms with van der Waals surface area (Å²) in [6.45, 7) is 5.02. The van der Waals surface area contributed by atoms with Crippen molar-refractivity contribution in [2.75, 3.05) is 5.32 Å². The van der Waals surface area contributed by atoms with Crippen LogP contribution in [-0.2, 0) is 0 Å². The zero-order chi connectivity index (χ0) is 15.4.